The van der Waals surface area contributed by atoms with Gasteiger partial charge in [0.25, 0.3) is 0 Å². The van der Waals surface area contributed by atoms with Gasteiger partial charge in [0, 0.05) is 26.2 Å². The first-order valence-electron chi connectivity index (χ1n) is 6.52. The van der Waals surface area contributed by atoms with E-state index in [0.29, 0.717) is 18.5 Å². The Balaban J connectivity index is 2.48. The van der Waals surface area contributed by atoms with Gasteiger partial charge in [0.05, 0.1) is 19.0 Å². The van der Waals surface area contributed by atoms with Gasteiger partial charge in [0.1, 0.15) is 0 Å². The molecule has 0 spiro atoms. The van der Waals surface area contributed by atoms with E-state index in [4.69, 9.17) is 4.74 Å². The molecule has 0 saturated carbocycles. The van der Waals surface area contributed by atoms with Crippen molar-refractivity contribution in [2.45, 2.75) is 33.2 Å². The summed E-state index contributed by atoms with van der Waals surface area (Å²) < 4.78 is 5.47. The molecule has 1 heterocycles. The third kappa shape index (κ3) is 5.31. The number of likely N-dealkylation sites (N-methyl/N-ethyl adjacent to an activating group) is 1. The number of nitrogens with one attached hydrogen (secondary N) is 1. The van der Waals surface area contributed by atoms with Crippen molar-refractivity contribution in [1.29, 1.82) is 0 Å². The standard InChI is InChI=1S/C13H24N4O/c1-5-8-18-13-10-14-9-12(16-13)17(4)7-6-15-11(2)3/h9-11,15H,5-8H2,1-4H3. The van der Waals surface area contributed by atoms with E-state index in [-0.39, 0.29) is 0 Å². The predicted molar refractivity (Wildman–Crippen MR) is 74.2 cm³/mol. The minimum Gasteiger partial charge on any atom is -0.477 e. The maximum atomic E-state index is 5.47. The second kappa shape index (κ2) is 7.87. The van der Waals surface area contributed by atoms with Gasteiger partial charge in [-0.1, -0.05) is 20.8 Å². The van der Waals surface area contributed by atoms with Crippen molar-refractivity contribution in [1.82, 2.24) is 15.3 Å². The van der Waals surface area contributed by atoms with Crippen LogP contribution in [0.25, 0.3) is 0 Å². The van der Waals surface area contributed by atoms with Crippen LogP contribution in [0.15, 0.2) is 12.4 Å². The quantitative estimate of drug-likeness (QED) is 0.763. The zero-order valence-electron chi connectivity index (χ0n) is 11.8. The smallest absolute Gasteiger partial charge is 0.234 e. The van der Waals surface area contributed by atoms with E-state index in [1.807, 2.05) is 7.05 Å². The Labute approximate surface area is 110 Å². The highest BCUT2D eigenvalue weighted by molar-refractivity contribution is 5.36. The second-order valence-corrected chi connectivity index (χ2v) is 4.59. The fourth-order valence-electron chi connectivity index (χ4n) is 1.43. The van der Waals surface area contributed by atoms with Gasteiger partial charge in [0.2, 0.25) is 5.88 Å². The van der Waals surface area contributed by atoms with Gasteiger partial charge in [-0.25, -0.2) is 0 Å². The fraction of sp³-hybridized carbons (Fsp3) is 0.692. The van der Waals surface area contributed by atoms with Crippen molar-refractivity contribution >= 4 is 5.82 Å². The Morgan fingerprint density at radius 2 is 2.17 bits per heavy atom. The van der Waals surface area contributed by atoms with Crippen LogP contribution in [0.3, 0.4) is 0 Å². The van der Waals surface area contributed by atoms with Crippen LogP contribution in [0.4, 0.5) is 5.82 Å². The first-order chi connectivity index (χ1) is 8.63. The molecule has 5 nitrogen and oxygen atoms in total. The molecule has 0 aliphatic carbocycles. The van der Waals surface area contributed by atoms with Crippen molar-refractivity contribution in [2.75, 3.05) is 31.6 Å². The summed E-state index contributed by atoms with van der Waals surface area (Å²) >= 11 is 0. The Kier molecular flexibility index (Phi) is 6.43. The number of anilines is 1. The van der Waals surface area contributed by atoms with E-state index in [9.17, 15) is 0 Å². The van der Waals surface area contributed by atoms with Crippen LogP contribution in [0.1, 0.15) is 27.2 Å². The Hall–Kier alpha value is -1.36. The summed E-state index contributed by atoms with van der Waals surface area (Å²) in [5.41, 5.74) is 0. The van der Waals surface area contributed by atoms with Crippen LogP contribution in [0.2, 0.25) is 0 Å². The van der Waals surface area contributed by atoms with E-state index < -0.39 is 0 Å². The van der Waals surface area contributed by atoms with Gasteiger partial charge >= 0.3 is 0 Å². The number of hydrogen-bond donors (Lipinski definition) is 1. The van der Waals surface area contributed by atoms with Crippen LogP contribution in [-0.4, -0.2) is 42.8 Å². The molecule has 1 aromatic rings. The molecule has 1 aromatic heterocycles. The average molecular weight is 252 g/mol. The highest BCUT2D eigenvalue weighted by atomic mass is 16.5. The van der Waals surface area contributed by atoms with Crippen molar-refractivity contribution in [3.05, 3.63) is 12.4 Å². The van der Waals surface area contributed by atoms with Crippen molar-refractivity contribution in [3.63, 3.8) is 0 Å². The average Bonchev–Trinajstić information content (AvgIpc) is 2.36. The summed E-state index contributed by atoms with van der Waals surface area (Å²) in [6, 6.07) is 0.503. The Morgan fingerprint density at radius 1 is 1.39 bits per heavy atom. The van der Waals surface area contributed by atoms with E-state index in [2.05, 4.69) is 41.0 Å². The molecule has 0 bridgehead atoms. The Bertz CT molecular complexity index is 344. The second-order valence-electron chi connectivity index (χ2n) is 4.59. The minimum atomic E-state index is 0.503. The molecule has 0 aliphatic rings. The monoisotopic (exact) mass is 252 g/mol. The third-order valence-electron chi connectivity index (χ3n) is 2.44. The molecule has 0 aliphatic heterocycles. The molecule has 0 aromatic carbocycles. The van der Waals surface area contributed by atoms with Gasteiger partial charge < -0.3 is 15.0 Å². The highest BCUT2D eigenvalue weighted by Gasteiger charge is 2.05. The molecule has 0 radical (unpaired) electrons. The summed E-state index contributed by atoms with van der Waals surface area (Å²) in [7, 11) is 2.01. The lowest BCUT2D eigenvalue weighted by atomic mass is 10.4. The largest absolute Gasteiger partial charge is 0.477 e. The molecule has 0 saturated heterocycles. The topological polar surface area (TPSA) is 50.3 Å². The van der Waals surface area contributed by atoms with Gasteiger partial charge in [-0.3, -0.25) is 4.98 Å². The molecule has 1 N–H and O–H groups in total. The van der Waals surface area contributed by atoms with Crippen molar-refractivity contribution < 1.29 is 4.74 Å². The van der Waals surface area contributed by atoms with Crippen LogP contribution in [0, 0.1) is 0 Å². The lowest BCUT2D eigenvalue weighted by Gasteiger charge is -2.19. The summed E-state index contributed by atoms with van der Waals surface area (Å²) in [5.74, 6) is 1.44. The molecule has 0 atom stereocenters. The molecule has 5 heteroatoms. The van der Waals surface area contributed by atoms with Gasteiger partial charge in [0.15, 0.2) is 5.82 Å². The normalized spacial score (nSPS) is 10.7. The minimum absolute atomic E-state index is 0.503. The summed E-state index contributed by atoms with van der Waals surface area (Å²) in [6.45, 7) is 8.84. The summed E-state index contributed by atoms with van der Waals surface area (Å²) in [4.78, 5) is 10.6. The number of hydrogen-bond acceptors (Lipinski definition) is 5. The van der Waals surface area contributed by atoms with E-state index in [1.165, 1.54) is 0 Å². The zero-order valence-corrected chi connectivity index (χ0v) is 11.8. The predicted octanol–water partition coefficient (Wildman–Crippen LogP) is 1.70. The van der Waals surface area contributed by atoms with Crippen LogP contribution in [0.5, 0.6) is 5.88 Å². The van der Waals surface area contributed by atoms with Crippen LogP contribution < -0.4 is 15.0 Å². The van der Waals surface area contributed by atoms with Crippen LogP contribution >= 0.6 is 0 Å². The maximum absolute atomic E-state index is 5.47. The number of rotatable bonds is 8. The highest BCUT2D eigenvalue weighted by Crippen LogP contribution is 2.12. The molecular formula is C13H24N4O. The molecule has 0 amide bonds. The van der Waals surface area contributed by atoms with E-state index >= 15 is 0 Å². The summed E-state index contributed by atoms with van der Waals surface area (Å²) in [5, 5.41) is 3.37. The Morgan fingerprint density at radius 3 is 2.83 bits per heavy atom. The SMILES string of the molecule is CCCOc1cncc(N(C)CCNC(C)C)n1. The van der Waals surface area contributed by atoms with E-state index in [0.717, 1.165) is 25.3 Å². The van der Waals surface area contributed by atoms with Crippen molar-refractivity contribution in [3.8, 4) is 5.88 Å². The van der Waals surface area contributed by atoms with Crippen LogP contribution in [-0.2, 0) is 0 Å². The summed E-state index contributed by atoms with van der Waals surface area (Å²) in [6.07, 6.45) is 4.38. The molecule has 18 heavy (non-hydrogen) atoms. The molecular weight excluding hydrogens is 228 g/mol. The third-order valence-corrected chi connectivity index (χ3v) is 2.44. The fourth-order valence-corrected chi connectivity index (χ4v) is 1.43. The molecule has 1 rings (SSSR count). The first kappa shape index (κ1) is 14.7. The lowest BCUT2D eigenvalue weighted by molar-refractivity contribution is 0.304. The van der Waals surface area contributed by atoms with Gasteiger partial charge in [-0.15, -0.1) is 0 Å². The number of nitrogens with zero attached hydrogens (tertiary/aromatic N) is 3. The van der Waals surface area contributed by atoms with Gasteiger partial charge in [-0.2, -0.15) is 4.98 Å². The first-order valence-corrected chi connectivity index (χ1v) is 6.52. The number of aromatic nitrogens is 2. The molecule has 0 fully saturated rings. The molecule has 0 unspecified atom stereocenters. The van der Waals surface area contributed by atoms with Crippen molar-refractivity contribution in [2.24, 2.45) is 0 Å². The zero-order chi connectivity index (χ0) is 13.4. The van der Waals surface area contributed by atoms with E-state index in [1.54, 1.807) is 12.4 Å². The van der Waals surface area contributed by atoms with Gasteiger partial charge in [-0.05, 0) is 6.42 Å². The lowest BCUT2D eigenvalue weighted by Crippen LogP contribution is -2.33. The maximum Gasteiger partial charge on any atom is 0.234 e. The molecule has 102 valence electrons. The number of ether oxygens (including phenoxy) is 1.